The largest absolute Gasteiger partial charge is 0.327 e. The van der Waals surface area contributed by atoms with Crippen molar-refractivity contribution in [1.82, 2.24) is 0 Å². The molecule has 0 radical (unpaired) electrons. The summed E-state index contributed by atoms with van der Waals surface area (Å²) in [5, 5.41) is 0. The SMILES string of the molecule is CC1CCC(C)(C)CC1N.Cl. The fourth-order valence-corrected chi connectivity index (χ4v) is 1.77. The quantitative estimate of drug-likeness (QED) is 0.605. The highest BCUT2D eigenvalue weighted by molar-refractivity contribution is 5.85. The van der Waals surface area contributed by atoms with Gasteiger partial charge in [-0.3, -0.25) is 0 Å². The highest BCUT2D eigenvalue weighted by Crippen LogP contribution is 2.36. The van der Waals surface area contributed by atoms with E-state index < -0.39 is 0 Å². The third-order valence-electron chi connectivity index (χ3n) is 2.80. The normalized spacial score (nSPS) is 36.0. The van der Waals surface area contributed by atoms with Crippen LogP contribution in [0.15, 0.2) is 0 Å². The molecule has 1 aliphatic carbocycles. The lowest BCUT2D eigenvalue weighted by Gasteiger charge is -2.37. The van der Waals surface area contributed by atoms with Crippen LogP contribution in [-0.2, 0) is 0 Å². The maximum Gasteiger partial charge on any atom is 0.00696 e. The molecule has 2 unspecified atom stereocenters. The van der Waals surface area contributed by atoms with Crippen molar-refractivity contribution in [2.24, 2.45) is 17.1 Å². The lowest BCUT2D eigenvalue weighted by atomic mass is 9.71. The summed E-state index contributed by atoms with van der Waals surface area (Å²) < 4.78 is 0. The average Bonchev–Trinajstić information content (AvgIpc) is 1.79. The average molecular weight is 178 g/mol. The van der Waals surface area contributed by atoms with Crippen molar-refractivity contribution >= 4 is 12.4 Å². The predicted molar refractivity (Wildman–Crippen MR) is 52.0 cm³/mol. The Kier molecular flexibility index (Phi) is 3.86. The van der Waals surface area contributed by atoms with Crippen LogP contribution >= 0.6 is 12.4 Å². The molecular weight excluding hydrogens is 158 g/mol. The molecule has 0 bridgehead atoms. The van der Waals surface area contributed by atoms with Gasteiger partial charge < -0.3 is 5.73 Å². The molecule has 2 N–H and O–H groups in total. The van der Waals surface area contributed by atoms with E-state index >= 15 is 0 Å². The Morgan fingerprint density at radius 1 is 1.36 bits per heavy atom. The van der Waals surface area contributed by atoms with Gasteiger partial charge >= 0.3 is 0 Å². The molecule has 0 spiro atoms. The second-order valence-corrected chi connectivity index (χ2v) is 4.55. The molecule has 0 aromatic heterocycles. The highest BCUT2D eigenvalue weighted by Gasteiger charge is 2.29. The molecule has 0 heterocycles. The van der Waals surface area contributed by atoms with E-state index in [9.17, 15) is 0 Å². The van der Waals surface area contributed by atoms with Crippen LogP contribution < -0.4 is 5.73 Å². The van der Waals surface area contributed by atoms with Crippen molar-refractivity contribution in [3.05, 3.63) is 0 Å². The smallest absolute Gasteiger partial charge is 0.00696 e. The van der Waals surface area contributed by atoms with Crippen molar-refractivity contribution < 1.29 is 0 Å². The van der Waals surface area contributed by atoms with Crippen LogP contribution in [-0.4, -0.2) is 6.04 Å². The molecule has 0 amide bonds. The first-order valence-corrected chi connectivity index (χ1v) is 4.27. The van der Waals surface area contributed by atoms with Crippen LogP contribution in [0.3, 0.4) is 0 Å². The van der Waals surface area contributed by atoms with Crippen molar-refractivity contribution in [1.29, 1.82) is 0 Å². The zero-order valence-corrected chi connectivity index (χ0v) is 8.58. The van der Waals surface area contributed by atoms with Crippen molar-refractivity contribution in [3.8, 4) is 0 Å². The van der Waals surface area contributed by atoms with Gasteiger partial charge in [0.05, 0.1) is 0 Å². The summed E-state index contributed by atoms with van der Waals surface area (Å²) in [5.41, 5.74) is 6.46. The fourth-order valence-electron chi connectivity index (χ4n) is 1.77. The van der Waals surface area contributed by atoms with Gasteiger partial charge in [0, 0.05) is 6.04 Å². The van der Waals surface area contributed by atoms with E-state index in [0.717, 1.165) is 5.92 Å². The van der Waals surface area contributed by atoms with Crippen molar-refractivity contribution in [3.63, 3.8) is 0 Å². The number of rotatable bonds is 0. The topological polar surface area (TPSA) is 26.0 Å². The van der Waals surface area contributed by atoms with E-state index in [2.05, 4.69) is 20.8 Å². The third-order valence-corrected chi connectivity index (χ3v) is 2.80. The highest BCUT2D eigenvalue weighted by atomic mass is 35.5. The predicted octanol–water partition coefficient (Wildman–Crippen LogP) is 2.58. The van der Waals surface area contributed by atoms with Gasteiger partial charge in [0.15, 0.2) is 0 Å². The number of hydrogen-bond donors (Lipinski definition) is 1. The van der Waals surface area contributed by atoms with Gasteiger partial charge in [-0.05, 0) is 30.6 Å². The maximum absolute atomic E-state index is 5.95. The van der Waals surface area contributed by atoms with Crippen molar-refractivity contribution in [2.75, 3.05) is 0 Å². The lowest BCUT2D eigenvalue weighted by molar-refractivity contribution is 0.174. The molecule has 11 heavy (non-hydrogen) atoms. The van der Waals surface area contributed by atoms with Gasteiger partial charge in [0.2, 0.25) is 0 Å². The van der Waals surface area contributed by atoms with Crippen LogP contribution in [0.25, 0.3) is 0 Å². The minimum Gasteiger partial charge on any atom is -0.327 e. The zero-order chi connectivity index (χ0) is 7.78. The first kappa shape index (κ1) is 11.2. The van der Waals surface area contributed by atoms with E-state index in [1.807, 2.05) is 0 Å². The third kappa shape index (κ3) is 3.00. The van der Waals surface area contributed by atoms with Crippen LogP contribution in [0.4, 0.5) is 0 Å². The summed E-state index contributed by atoms with van der Waals surface area (Å²) in [6.07, 6.45) is 3.87. The van der Waals surface area contributed by atoms with Gasteiger partial charge in [-0.15, -0.1) is 12.4 Å². The summed E-state index contributed by atoms with van der Waals surface area (Å²) >= 11 is 0. The number of halogens is 1. The summed E-state index contributed by atoms with van der Waals surface area (Å²) in [4.78, 5) is 0. The minimum absolute atomic E-state index is 0. The molecule has 2 heteroatoms. The molecule has 0 aliphatic heterocycles. The Balaban J connectivity index is 0.000001000. The van der Waals surface area contributed by atoms with Crippen molar-refractivity contribution in [2.45, 2.75) is 46.1 Å². The van der Waals surface area contributed by atoms with Gasteiger partial charge in [0.1, 0.15) is 0 Å². The second-order valence-electron chi connectivity index (χ2n) is 4.55. The zero-order valence-electron chi connectivity index (χ0n) is 7.76. The van der Waals surface area contributed by atoms with E-state index in [1.54, 1.807) is 0 Å². The fraction of sp³-hybridized carbons (Fsp3) is 1.00. The van der Waals surface area contributed by atoms with Crippen LogP contribution in [0.5, 0.6) is 0 Å². The summed E-state index contributed by atoms with van der Waals surface area (Å²) in [6.45, 7) is 6.90. The van der Waals surface area contributed by atoms with E-state index in [0.29, 0.717) is 11.5 Å². The Morgan fingerprint density at radius 3 is 2.27 bits per heavy atom. The lowest BCUT2D eigenvalue weighted by Crippen LogP contribution is -2.38. The monoisotopic (exact) mass is 177 g/mol. The summed E-state index contributed by atoms with van der Waals surface area (Å²) in [5.74, 6) is 0.744. The molecule has 1 aliphatic rings. The molecule has 0 aromatic rings. The first-order chi connectivity index (χ1) is 4.51. The molecule has 1 nitrogen and oxygen atoms in total. The van der Waals surface area contributed by atoms with Gasteiger partial charge in [0.25, 0.3) is 0 Å². The Morgan fingerprint density at radius 2 is 1.91 bits per heavy atom. The number of hydrogen-bond acceptors (Lipinski definition) is 1. The molecule has 2 atom stereocenters. The molecule has 0 aromatic carbocycles. The minimum atomic E-state index is 0. The molecule has 68 valence electrons. The molecule has 1 saturated carbocycles. The van der Waals surface area contributed by atoms with Crippen LogP contribution in [0.2, 0.25) is 0 Å². The van der Waals surface area contributed by atoms with Crippen LogP contribution in [0.1, 0.15) is 40.0 Å². The van der Waals surface area contributed by atoms with E-state index in [1.165, 1.54) is 19.3 Å². The van der Waals surface area contributed by atoms with Gasteiger partial charge in [-0.25, -0.2) is 0 Å². The molecular formula is C9H20ClN. The second kappa shape index (κ2) is 3.77. The van der Waals surface area contributed by atoms with E-state index in [4.69, 9.17) is 5.73 Å². The van der Waals surface area contributed by atoms with Crippen LogP contribution in [0, 0.1) is 11.3 Å². The van der Waals surface area contributed by atoms with Gasteiger partial charge in [-0.2, -0.15) is 0 Å². The molecule has 0 saturated heterocycles. The maximum atomic E-state index is 5.95. The Labute approximate surface area is 76.1 Å². The summed E-state index contributed by atoms with van der Waals surface area (Å²) in [7, 11) is 0. The van der Waals surface area contributed by atoms with E-state index in [-0.39, 0.29) is 12.4 Å². The Bertz CT molecular complexity index is 123. The Hall–Kier alpha value is 0.250. The van der Waals surface area contributed by atoms with Gasteiger partial charge in [-0.1, -0.05) is 20.8 Å². The molecule has 1 rings (SSSR count). The number of nitrogens with two attached hydrogens (primary N) is 1. The molecule has 1 fully saturated rings. The first-order valence-electron chi connectivity index (χ1n) is 4.27. The standard InChI is InChI=1S/C9H19N.ClH/c1-7-4-5-9(2,3)6-8(7)10;/h7-8H,4-6,10H2,1-3H3;1H. The summed E-state index contributed by atoms with van der Waals surface area (Å²) in [6, 6.07) is 0.448.